The topological polar surface area (TPSA) is 30.0 Å². The van der Waals surface area contributed by atoms with E-state index < -0.39 is 11.7 Å². The van der Waals surface area contributed by atoms with Gasteiger partial charge in [0, 0.05) is 0 Å². The van der Waals surface area contributed by atoms with E-state index in [2.05, 4.69) is 20.9 Å². The number of carbonyl (C=O) groups is 1. The minimum atomic E-state index is -4.46. The molecule has 70 valence electrons. The molecule has 1 aromatic heterocycles. The summed E-state index contributed by atoms with van der Waals surface area (Å²) in [6, 6.07) is 1.50. The van der Waals surface area contributed by atoms with Crippen molar-refractivity contribution in [2.45, 2.75) is 6.18 Å². The summed E-state index contributed by atoms with van der Waals surface area (Å²) >= 11 is 2.78. The second-order valence-electron chi connectivity index (χ2n) is 2.22. The van der Waals surface area contributed by atoms with Crippen LogP contribution in [0.15, 0.2) is 16.7 Å². The lowest BCUT2D eigenvalue weighted by Gasteiger charge is -2.06. The van der Waals surface area contributed by atoms with Crippen molar-refractivity contribution in [2.75, 3.05) is 0 Å². The quantitative estimate of drug-likeness (QED) is 0.569. The first-order chi connectivity index (χ1) is 5.93. The Kier molecular flexibility index (Phi) is 2.70. The fraction of sp³-hybridized carbons (Fsp3) is 0.143. The van der Waals surface area contributed by atoms with Crippen LogP contribution in [0, 0.1) is 0 Å². The smallest absolute Gasteiger partial charge is 0.296 e. The highest BCUT2D eigenvalue weighted by atomic mass is 79.9. The minimum absolute atomic E-state index is 0.00979. The Bertz CT molecular complexity index is 337. The predicted molar refractivity (Wildman–Crippen MR) is 42.3 cm³/mol. The van der Waals surface area contributed by atoms with Crippen LogP contribution in [0.5, 0.6) is 0 Å². The zero-order valence-corrected chi connectivity index (χ0v) is 7.69. The van der Waals surface area contributed by atoms with Crippen molar-refractivity contribution in [3.05, 3.63) is 28.0 Å². The van der Waals surface area contributed by atoms with E-state index in [1.807, 2.05) is 0 Å². The maximum absolute atomic E-state index is 12.1. The number of carbonyl (C=O) groups excluding carboxylic acids is 1. The molecule has 0 saturated heterocycles. The van der Waals surface area contributed by atoms with Gasteiger partial charge in [0.15, 0.2) is 6.29 Å². The maximum Gasteiger partial charge on any atom is 0.416 e. The monoisotopic (exact) mass is 253 g/mol. The van der Waals surface area contributed by atoms with E-state index in [9.17, 15) is 18.0 Å². The lowest BCUT2D eigenvalue weighted by atomic mass is 10.2. The van der Waals surface area contributed by atoms with Crippen LogP contribution < -0.4 is 0 Å². The Morgan fingerprint density at radius 1 is 1.38 bits per heavy atom. The van der Waals surface area contributed by atoms with Gasteiger partial charge in [-0.2, -0.15) is 13.2 Å². The van der Waals surface area contributed by atoms with Gasteiger partial charge < -0.3 is 0 Å². The van der Waals surface area contributed by atoms with Gasteiger partial charge >= 0.3 is 6.18 Å². The first-order valence-corrected chi connectivity index (χ1v) is 3.93. The van der Waals surface area contributed by atoms with Gasteiger partial charge in [0.05, 0.1) is 5.56 Å². The molecule has 0 unspecified atom stereocenters. The molecule has 13 heavy (non-hydrogen) atoms. The van der Waals surface area contributed by atoms with Crippen LogP contribution in [0.25, 0.3) is 0 Å². The van der Waals surface area contributed by atoms with Gasteiger partial charge in [-0.1, -0.05) is 0 Å². The molecule has 0 aliphatic heterocycles. The molecule has 1 heterocycles. The summed E-state index contributed by atoms with van der Waals surface area (Å²) in [6.07, 6.45) is -4.19. The Morgan fingerprint density at radius 2 is 2.00 bits per heavy atom. The summed E-state index contributed by atoms with van der Waals surface area (Å²) in [7, 11) is 0. The second-order valence-corrected chi connectivity index (χ2v) is 3.03. The molecule has 0 amide bonds. The zero-order valence-electron chi connectivity index (χ0n) is 6.10. The highest BCUT2D eigenvalue weighted by Crippen LogP contribution is 2.30. The van der Waals surface area contributed by atoms with Crippen molar-refractivity contribution in [2.24, 2.45) is 0 Å². The van der Waals surface area contributed by atoms with Crippen molar-refractivity contribution >= 4 is 22.2 Å². The fourth-order valence-electron chi connectivity index (χ4n) is 0.741. The number of halogens is 4. The number of alkyl halides is 3. The lowest BCUT2D eigenvalue weighted by Crippen LogP contribution is -2.06. The molecular formula is C7H3BrF3NO. The fourth-order valence-corrected chi connectivity index (χ4v) is 1.19. The van der Waals surface area contributed by atoms with Crippen LogP contribution in [0.2, 0.25) is 0 Å². The molecule has 0 bridgehead atoms. The Balaban J connectivity index is 3.24. The van der Waals surface area contributed by atoms with E-state index in [-0.39, 0.29) is 16.6 Å². The molecule has 0 aliphatic carbocycles. The van der Waals surface area contributed by atoms with Crippen molar-refractivity contribution in [1.82, 2.24) is 4.98 Å². The van der Waals surface area contributed by atoms with Crippen LogP contribution in [-0.2, 0) is 6.18 Å². The van der Waals surface area contributed by atoms with Crippen molar-refractivity contribution in [3.63, 3.8) is 0 Å². The lowest BCUT2D eigenvalue weighted by molar-refractivity contribution is -0.137. The zero-order chi connectivity index (χ0) is 10.1. The van der Waals surface area contributed by atoms with Gasteiger partial charge in [-0.25, -0.2) is 4.98 Å². The van der Waals surface area contributed by atoms with E-state index in [1.165, 1.54) is 0 Å². The number of aromatic nitrogens is 1. The van der Waals surface area contributed by atoms with Gasteiger partial charge in [0.25, 0.3) is 0 Å². The number of rotatable bonds is 1. The summed E-state index contributed by atoms with van der Waals surface area (Å²) in [6.45, 7) is 0. The first-order valence-electron chi connectivity index (χ1n) is 3.13. The molecule has 0 fully saturated rings. The van der Waals surface area contributed by atoms with Crippen molar-refractivity contribution in [3.8, 4) is 0 Å². The van der Waals surface area contributed by atoms with E-state index >= 15 is 0 Å². The number of aldehydes is 1. The average molecular weight is 254 g/mol. The van der Waals surface area contributed by atoms with Crippen LogP contribution in [-0.4, -0.2) is 11.3 Å². The number of hydrogen-bond donors (Lipinski definition) is 0. The van der Waals surface area contributed by atoms with Crippen LogP contribution >= 0.6 is 15.9 Å². The summed E-state index contributed by atoms with van der Waals surface area (Å²) in [5.41, 5.74) is -1.14. The van der Waals surface area contributed by atoms with Crippen molar-refractivity contribution in [1.29, 1.82) is 0 Å². The third-order valence-electron chi connectivity index (χ3n) is 1.26. The Hall–Kier alpha value is -0.910. The van der Waals surface area contributed by atoms with Gasteiger partial charge in [-0.15, -0.1) is 0 Å². The maximum atomic E-state index is 12.1. The normalized spacial score (nSPS) is 11.4. The van der Waals surface area contributed by atoms with Crippen LogP contribution in [0.3, 0.4) is 0 Å². The molecule has 0 saturated carbocycles. The SMILES string of the molecule is O=Cc1cc(C(F)(F)F)cc(Br)n1. The standard InChI is InChI=1S/C7H3BrF3NO/c8-6-2-4(7(9,10)11)1-5(3-13)12-6/h1-3H. The average Bonchev–Trinajstić information content (AvgIpc) is 2.01. The predicted octanol–water partition coefficient (Wildman–Crippen LogP) is 2.68. The third-order valence-corrected chi connectivity index (χ3v) is 1.67. The van der Waals surface area contributed by atoms with Crippen LogP contribution in [0.1, 0.15) is 16.1 Å². The van der Waals surface area contributed by atoms with Crippen molar-refractivity contribution < 1.29 is 18.0 Å². The molecule has 2 nitrogen and oxygen atoms in total. The van der Waals surface area contributed by atoms with Gasteiger partial charge in [-0.05, 0) is 28.1 Å². The molecule has 6 heteroatoms. The van der Waals surface area contributed by atoms with Gasteiger partial charge in [0.2, 0.25) is 0 Å². The molecular weight excluding hydrogens is 251 g/mol. The highest BCUT2D eigenvalue weighted by Gasteiger charge is 2.31. The molecule has 1 aromatic rings. The third kappa shape index (κ3) is 2.51. The Morgan fingerprint density at radius 3 is 2.46 bits per heavy atom. The van der Waals surface area contributed by atoms with Crippen LogP contribution in [0.4, 0.5) is 13.2 Å². The van der Waals surface area contributed by atoms with E-state index in [4.69, 9.17) is 0 Å². The number of hydrogen-bond acceptors (Lipinski definition) is 2. The number of pyridine rings is 1. The van der Waals surface area contributed by atoms with E-state index in [0.29, 0.717) is 6.07 Å². The van der Waals surface area contributed by atoms with E-state index in [1.54, 1.807) is 0 Å². The van der Waals surface area contributed by atoms with Gasteiger partial charge in [0.1, 0.15) is 10.3 Å². The summed E-state index contributed by atoms with van der Waals surface area (Å²) < 4.78 is 36.3. The summed E-state index contributed by atoms with van der Waals surface area (Å²) in [5.74, 6) is 0. The summed E-state index contributed by atoms with van der Waals surface area (Å²) in [4.78, 5) is 13.7. The molecule has 0 aliphatic rings. The van der Waals surface area contributed by atoms with Gasteiger partial charge in [-0.3, -0.25) is 4.79 Å². The minimum Gasteiger partial charge on any atom is -0.296 e. The molecule has 0 atom stereocenters. The van der Waals surface area contributed by atoms with E-state index in [0.717, 1.165) is 6.07 Å². The molecule has 1 rings (SSSR count). The molecule has 0 spiro atoms. The highest BCUT2D eigenvalue weighted by molar-refractivity contribution is 9.10. The molecule has 0 aromatic carbocycles. The second kappa shape index (κ2) is 3.45. The Labute approximate surface area is 79.9 Å². The molecule has 0 N–H and O–H groups in total. The number of nitrogens with zero attached hydrogens (tertiary/aromatic N) is 1. The largest absolute Gasteiger partial charge is 0.416 e. The summed E-state index contributed by atoms with van der Waals surface area (Å²) in [5, 5.41) is 0. The first kappa shape index (κ1) is 10.2. The molecule has 0 radical (unpaired) electrons.